The van der Waals surface area contributed by atoms with Gasteiger partial charge in [0.25, 0.3) is 0 Å². The number of amides is 1. The number of para-hydroxylation sites is 1. The van der Waals surface area contributed by atoms with E-state index in [1.165, 1.54) is 0 Å². The highest BCUT2D eigenvalue weighted by Crippen LogP contribution is 2.24. The zero-order valence-electron chi connectivity index (χ0n) is 16.9. The molecule has 3 rings (SSSR count). The number of anilines is 1. The molecule has 29 heavy (non-hydrogen) atoms. The molecule has 1 N–H and O–H groups in total. The molecule has 0 bridgehead atoms. The van der Waals surface area contributed by atoms with Crippen LogP contribution in [0, 0.1) is 12.8 Å². The third kappa shape index (κ3) is 5.58. The van der Waals surface area contributed by atoms with Gasteiger partial charge in [0, 0.05) is 18.8 Å². The number of nitrogens with zero attached hydrogens (tertiary/aromatic N) is 1. The summed E-state index contributed by atoms with van der Waals surface area (Å²) in [5.41, 5.74) is 1.59. The van der Waals surface area contributed by atoms with E-state index in [-0.39, 0.29) is 23.8 Å². The molecular formula is C22H28N2O4S. The number of hydrogen-bond donors (Lipinski definition) is 1. The SMILES string of the molecule is Cc1ccccc1OCCC(=O)Nc1ccc(S(=O)(=O)N2CCC(C)CC2)cc1. The second kappa shape index (κ2) is 9.41. The van der Waals surface area contributed by atoms with E-state index in [4.69, 9.17) is 4.74 Å². The van der Waals surface area contributed by atoms with Crippen molar-refractivity contribution in [1.29, 1.82) is 0 Å². The molecule has 1 fully saturated rings. The Morgan fingerprint density at radius 3 is 2.41 bits per heavy atom. The highest BCUT2D eigenvalue weighted by Gasteiger charge is 2.27. The minimum atomic E-state index is -3.48. The van der Waals surface area contributed by atoms with E-state index in [0.717, 1.165) is 24.2 Å². The van der Waals surface area contributed by atoms with E-state index < -0.39 is 10.0 Å². The van der Waals surface area contributed by atoms with Crippen LogP contribution in [0.25, 0.3) is 0 Å². The van der Waals surface area contributed by atoms with Crippen LogP contribution < -0.4 is 10.1 Å². The fourth-order valence-electron chi connectivity index (χ4n) is 3.28. The predicted octanol–water partition coefficient (Wildman–Crippen LogP) is 3.82. The maximum absolute atomic E-state index is 12.8. The number of carbonyl (C=O) groups is 1. The topological polar surface area (TPSA) is 75.7 Å². The molecule has 0 radical (unpaired) electrons. The largest absolute Gasteiger partial charge is 0.493 e. The molecule has 156 valence electrons. The number of rotatable bonds is 7. The summed E-state index contributed by atoms with van der Waals surface area (Å²) >= 11 is 0. The molecule has 0 atom stereocenters. The number of aryl methyl sites for hydroxylation is 1. The van der Waals surface area contributed by atoms with Crippen LogP contribution in [-0.2, 0) is 14.8 Å². The zero-order valence-corrected chi connectivity index (χ0v) is 17.7. The molecule has 1 aliphatic rings. The smallest absolute Gasteiger partial charge is 0.243 e. The van der Waals surface area contributed by atoms with Crippen LogP contribution in [0.2, 0.25) is 0 Å². The van der Waals surface area contributed by atoms with Gasteiger partial charge in [0.15, 0.2) is 0 Å². The molecule has 7 heteroatoms. The first kappa shape index (κ1) is 21.3. The number of sulfonamides is 1. The maximum atomic E-state index is 12.8. The molecule has 0 aliphatic carbocycles. The summed E-state index contributed by atoms with van der Waals surface area (Å²) in [6.07, 6.45) is 1.98. The molecule has 0 aromatic heterocycles. The number of ether oxygens (including phenoxy) is 1. The summed E-state index contributed by atoms with van der Waals surface area (Å²) in [6.45, 7) is 5.49. The molecule has 0 unspecified atom stereocenters. The number of benzene rings is 2. The second-order valence-electron chi connectivity index (χ2n) is 7.52. The van der Waals surface area contributed by atoms with Crippen molar-refractivity contribution < 1.29 is 17.9 Å². The highest BCUT2D eigenvalue weighted by atomic mass is 32.2. The van der Waals surface area contributed by atoms with E-state index in [1.807, 2.05) is 31.2 Å². The van der Waals surface area contributed by atoms with E-state index in [9.17, 15) is 13.2 Å². The van der Waals surface area contributed by atoms with E-state index in [0.29, 0.717) is 24.7 Å². The van der Waals surface area contributed by atoms with Gasteiger partial charge < -0.3 is 10.1 Å². The van der Waals surface area contributed by atoms with Crippen LogP contribution in [0.5, 0.6) is 5.75 Å². The van der Waals surface area contributed by atoms with Crippen LogP contribution in [0.1, 0.15) is 31.7 Å². The quantitative estimate of drug-likeness (QED) is 0.744. The molecular weight excluding hydrogens is 388 g/mol. The van der Waals surface area contributed by atoms with Gasteiger partial charge in [-0.05, 0) is 61.6 Å². The summed E-state index contributed by atoms with van der Waals surface area (Å²) in [6, 6.07) is 14.0. The Labute approximate surface area is 172 Å². The van der Waals surface area contributed by atoms with Gasteiger partial charge in [-0.15, -0.1) is 0 Å². The molecule has 6 nitrogen and oxygen atoms in total. The molecule has 1 heterocycles. The summed E-state index contributed by atoms with van der Waals surface area (Å²) in [7, 11) is -3.48. The number of piperidine rings is 1. The van der Waals surface area contributed by atoms with Crippen LogP contribution in [0.15, 0.2) is 53.4 Å². The first-order valence-corrected chi connectivity index (χ1v) is 11.4. The summed E-state index contributed by atoms with van der Waals surface area (Å²) in [5, 5.41) is 2.78. The van der Waals surface area contributed by atoms with Gasteiger partial charge in [0.2, 0.25) is 15.9 Å². The van der Waals surface area contributed by atoms with Gasteiger partial charge in [-0.1, -0.05) is 25.1 Å². The molecule has 0 spiro atoms. The lowest BCUT2D eigenvalue weighted by Gasteiger charge is -2.29. The molecule has 1 aliphatic heterocycles. The third-order valence-electron chi connectivity index (χ3n) is 5.20. The van der Waals surface area contributed by atoms with Gasteiger partial charge in [0.05, 0.1) is 17.9 Å². The zero-order chi connectivity index (χ0) is 20.9. The van der Waals surface area contributed by atoms with E-state index in [1.54, 1.807) is 28.6 Å². The third-order valence-corrected chi connectivity index (χ3v) is 7.11. The molecule has 1 saturated heterocycles. The van der Waals surface area contributed by atoms with Crippen molar-refractivity contribution in [1.82, 2.24) is 4.31 Å². The van der Waals surface area contributed by atoms with Crippen molar-refractivity contribution in [2.24, 2.45) is 5.92 Å². The Morgan fingerprint density at radius 1 is 1.10 bits per heavy atom. The molecule has 1 amide bonds. The lowest BCUT2D eigenvalue weighted by molar-refractivity contribution is -0.116. The minimum absolute atomic E-state index is 0.181. The highest BCUT2D eigenvalue weighted by molar-refractivity contribution is 7.89. The lowest BCUT2D eigenvalue weighted by Crippen LogP contribution is -2.37. The van der Waals surface area contributed by atoms with Crippen LogP contribution in [-0.4, -0.2) is 38.3 Å². The first-order valence-electron chi connectivity index (χ1n) is 9.95. The normalized spacial score (nSPS) is 15.8. The average Bonchev–Trinajstić information content (AvgIpc) is 2.70. The van der Waals surface area contributed by atoms with E-state index >= 15 is 0 Å². The standard InChI is InChI=1S/C22H28N2O4S/c1-17-11-14-24(15-12-17)29(26,27)20-9-7-19(8-10-20)23-22(25)13-16-28-21-6-4-3-5-18(21)2/h3-10,17H,11-16H2,1-2H3,(H,23,25). The predicted molar refractivity (Wildman–Crippen MR) is 114 cm³/mol. The summed E-state index contributed by atoms with van der Waals surface area (Å²) in [5.74, 6) is 1.15. The van der Waals surface area contributed by atoms with Crippen molar-refractivity contribution in [3.8, 4) is 5.75 Å². The van der Waals surface area contributed by atoms with Crippen LogP contribution in [0.3, 0.4) is 0 Å². The van der Waals surface area contributed by atoms with Gasteiger partial charge >= 0.3 is 0 Å². The van der Waals surface area contributed by atoms with Crippen molar-refractivity contribution >= 4 is 21.6 Å². The fourth-order valence-corrected chi connectivity index (χ4v) is 4.75. The Morgan fingerprint density at radius 2 is 1.76 bits per heavy atom. The Kier molecular flexibility index (Phi) is 6.92. The van der Waals surface area contributed by atoms with Gasteiger partial charge in [0.1, 0.15) is 5.75 Å². The average molecular weight is 417 g/mol. The number of hydrogen-bond acceptors (Lipinski definition) is 4. The van der Waals surface area contributed by atoms with E-state index in [2.05, 4.69) is 12.2 Å². The molecule has 2 aromatic rings. The molecule has 0 saturated carbocycles. The Hall–Kier alpha value is -2.38. The van der Waals surface area contributed by atoms with Crippen molar-refractivity contribution in [3.63, 3.8) is 0 Å². The van der Waals surface area contributed by atoms with Gasteiger partial charge in [-0.25, -0.2) is 8.42 Å². The van der Waals surface area contributed by atoms with Gasteiger partial charge in [-0.2, -0.15) is 4.31 Å². The first-order chi connectivity index (χ1) is 13.9. The van der Waals surface area contributed by atoms with Crippen LogP contribution in [0.4, 0.5) is 5.69 Å². The van der Waals surface area contributed by atoms with Crippen LogP contribution >= 0.6 is 0 Å². The number of carbonyl (C=O) groups excluding carboxylic acids is 1. The van der Waals surface area contributed by atoms with Crippen molar-refractivity contribution in [3.05, 3.63) is 54.1 Å². The van der Waals surface area contributed by atoms with Crippen molar-refractivity contribution in [2.45, 2.75) is 38.0 Å². The Bertz CT molecular complexity index is 934. The minimum Gasteiger partial charge on any atom is -0.493 e. The van der Waals surface area contributed by atoms with Crippen molar-refractivity contribution in [2.75, 3.05) is 25.0 Å². The fraction of sp³-hybridized carbons (Fsp3) is 0.409. The second-order valence-corrected chi connectivity index (χ2v) is 9.46. The maximum Gasteiger partial charge on any atom is 0.243 e. The summed E-state index contributed by atoms with van der Waals surface area (Å²) < 4.78 is 32.7. The monoisotopic (exact) mass is 416 g/mol. The lowest BCUT2D eigenvalue weighted by atomic mass is 10.0. The molecule has 2 aromatic carbocycles. The van der Waals surface area contributed by atoms with Gasteiger partial charge in [-0.3, -0.25) is 4.79 Å². The summed E-state index contributed by atoms with van der Waals surface area (Å²) in [4.78, 5) is 12.4. The Balaban J connectivity index is 1.52. The number of nitrogens with one attached hydrogen (secondary N) is 1.